The molecule has 0 aromatic heterocycles. The van der Waals surface area contributed by atoms with Crippen LogP contribution in [0.1, 0.15) is 11.1 Å². The quantitative estimate of drug-likeness (QED) is 0.842. The number of hydrogen-bond donors (Lipinski definition) is 2. The van der Waals surface area contributed by atoms with Crippen LogP contribution in [0.2, 0.25) is 0 Å². The predicted octanol–water partition coefficient (Wildman–Crippen LogP) is 3.07. The lowest BCUT2D eigenvalue weighted by atomic mass is 10.0. The first-order valence-electron chi connectivity index (χ1n) is 6.93. The van der Waals surface area contributed by atoms with Gasteiger partial charge in [0.2, 0.25) is 0 Å². The zero-order chi connectivity index (χ0) is 15.2. The summed E-state index contributed by atoms with van der Waals surface area (Å²) in [6.07, 6.45) is -0.0710. The summed E-state index contributed by atoms with van der Waals surface area (Å²) in [5.74, 6) is 0.768. The van der Waals surface area contributed by atoms with Gasteiger partial charge in [-0.2, -0.15) is 0 Å². The van der Waals surface area contributed by atoms with Gasteiger partial charge in [-0.15, -0.1) is 0 Å². The van der Waals surface area contributed by atoms with Crippen LogP contribution in [-0.2, 0) is 6.42 Å². The topological polar surface area (TPSA) is 55.5 Å². The number of ether oxygens (including phenoxy) is 1. The van der Waals surface area contributed by atoms with Crippen molar-refractivity contribution in [2.75, 3.05) is 6.61 Å². The maximum absolute atomic E-state index is 10.1. The molecule has 2 aromatic carbocycles. The molecule has 21 heavy (non-hydrogen) atoms. The lowest BCUT2D eigenvalue weighted by Crippen LogP contribution is -2.40. The standard InChI is InChI=1S/C17H20BrNO2/c1-12-9-14(18)7-8-17(12)21-11-16(20)15(19)10-13-5-3-2-4-6-13/h2-9,15-16,20H,10-11,19H2,1H3. The fraction of sp³-hybridized carbons (Fsp3) is 0.294. The molecule has 0 bridgehead atoms. The summed E-state index contributed by atoms with van der Waals surface area (Å²) in [5, 5.41) is 10.1. The van der Waals surface area contributed by atoms with Gasteiger partial charge in [0.15, 0.2) is 0 Å². The van der Waals surface area contributed by atoms with Gasteiger partial charge < -0.3 is 15.6 Å². The molecule has 112 valence electrons. The largest absolute Gasteiger partial charge is 0.491 e. The van der Waals surface area contributed by atoms with Crippen LogP contribution in [0.5, 0.6) is 5.75 Å². The minimum absolute atomic E-state index is 0.191. The highest BCUT2D eigenvalue weighted by Gasteiger charge is 2.16. The van der Waals surface area contributed by atoms with Crippen LogP contribution >= 0.6 is 15.9 Å². The first-order chi connectivity index (χ1) is 10.1. The summed E-state index contributed by atoms with van der Waals surface area (Å²) in [4.78, 5) is 0. The number of aliphatic hydroxyl groups excluding tert-OH is 1. The summed E-state index contributed by atoms with van der Waals surface area (Å²) in [6, 6.07) is 15.3. The summed E-state index contributed by atoms with van der Waals surface area (Å²) < 4.78 is 6.67. The SMILES string of the molecule is Cc1cc(Br)ccc1OCC(O)C(N)Cc1ccccc1. The molecule has 0 saturated carbocycles. The van der Waals surface area contributed by atoms with Crippen molar-refractivity contribution in [3.63, 3.8) is 0 Å². The van der Waals surface area contributed by atoms with Crippen LogP contribution in [0.3, 0.4) is 0 Å². The Labute approximate surface area is 133 Å². The molecule has 0 heterocycles. The number of halogens is 1. The van der Waals surface area contributed by atoms with E-state index in [4.69, 9.17) is 10.5 Å². The van der Waals surface area contributed by atoms with Crippen LogP contribution < -0.4 is 10.5 Å². The van der Waals surface area contributed by atoms with Crippen LogP contribution in [0.4, 0.5) is 0 Å². The van der Waals surface area contributed by atoms with Crippen LogP contribution in [-0.4, -0.2) is 23.9 Å². The van der Waals surface area contributed by atoms with Crippen LogP contribution in [0, 0.1) is 6.92 Å². The number of aliphatic hydroxyl groups is 1. The summed E-state index contributed by atoms with van der Waals surface area (Å²) >= 11 is 3.41. The van der Waals surface area contributed by atoms with E-state index in [0.717, 1.165) is 21.3 Å². The molecule has 0 saturated heterocycles. The van der Waals surface area contributed by atoms with Crippen molar-refractivity contribution in [1.29, 1.82) is 0 Å². The van der Waals surface area contributed by atoms with Gasteiger partial charge in [-0.05, 0) is 42.7 Å². The zero-order valence-electron chi connectivity index (χ0n) is 12.0. The summed E-state index contributed by atoms with van der Waals surface area (Å²) in [6.45, 7) is 2.16. The molecule has 0 spiro atoms. The molecular weight excluding hydrogens is 330 g/mol. The third-order valence-electron chi connectivity index (χ3n) is 3.36. The Morgan fingerprint density at radius 2 is 1.90 bits per heavy atom. The minimum atomic E-state index is -0.701. The lowest BCUT2D eigenvalue weighted by Gasteiger charge is -2.20. The van der Waals surface area contributed by atoms with Gasteiger partial charge in [0.25, 0.3) is 0 Å². The highest BCUT2D eigenvalue weighted by Crippen LogP contribution is 2.22. The molecule has 0 radical (unpaired) electrons. The third-order valence-corrected chi connectivity index (χ3v) is 3.85. The minimum Gasteiger partial charge on any atom is -0.491 e. The summed E-state index contributed by atoms with van der Waals surface area (Å²) in [5.41, 5.74) is 8.17. The molecular formula is C17H20BrNO2. The highest BCUT2D eigenvalue weighted by molar-refractivity contribution is 9.10. The second-order valence-electron chi connectivity index (χ2n) is 5.14. The number of rotatable bonds is 6. The number of hydrogen-bond acceptors (Lipinski definition) is 3. The van der Waals surface area contributed by atoms with E-state index in [1.54, 1.807) is 0 Å². The Morgan fingerprint density at radius 1 is 1.19 bits per heavy atom. The normalized spacial score (nSPS) is 13.7. The van der Waals surface area contributed by atoms with Gasteiger partial charge in [-0.25, -0.2) is 0 Å². The van der Waals surface area contributed by atoms with E-state index < -0.39 is 6.10 Å². The van der Waals surface area contributed by atoms with Crippen LogP contribution in [0.15, 0.2) is 53.0 Å². The van der Waals surface area contributed by atoms with Gasteiger partial charge in [-0.3, -0.25) is 0 Å². The Bertz CT molecular complexity index is 574. The molecule has 0 aliphatic heterocycles. The van der Waals surface area contributed by atoms with E-state index in [-0.39, 0.29) is 12.6 Å². The summed E-state index contributed by atoms with van der Waals surface area (Å²) in [7, 11) is 0. The van der Waals surface area contributed by atoms with Crippen molar-refractivity contribution in [1.82, 2.24) is 0 Å². The van der Waals surface area contributed by atoms with Gasteiger partial charge in [0.1, 0.15) is 18.5 Å². The first-order valence-corrected chi connectivity index (χ1v) is 7.72. The lowest BCUT2D eigenvalue weighted by molar-refractivity contribution is 0.0848. The van der Waals surface area contributed by atoms with E-state index in [0.29, 0.717) is 6.42 Å². The molecule has 3 nitrogen and oxygen atoms in total. The molecule has 0 amide bonds. The van der Waals surface area contributed by atoms with Crippen LogP contribution in [0.25, 0.3) is 0 Å². The molecule has 4 heteroatoms. The number of aryl methyl sites for hydroxylation is 1. The molecule has 2 rings (SSSR count). The second-order valence-corrected chi connectivity index (χ2v) is 6.06. The molecule has 0 aliphatic carbocycles. The first kappa shape index (κ1) is 16.0. The van der Waals surface area contributed by atoms with Gasteiger partial charge in [0, 0.05) is 10.5 Å². The fourth-order valence-electron chi connectivity index (χ4n) is 2.10. The average molecular weight is 350 g/mol. The fourth-order valence-corrected chi connectivity index (χ4v) is 2.57. The van der Waals surface area contributed by atoms with E-state index in [1.807, 2.05) is 55.5 Å². The van der Waals surface area contributed by atoms with E-state index in [1.165, 1.54) is 0 Å². The van der Waals surface area contributed by atoms with E-state index in [9.17, 15) is 5.11 Å². The second kappa shape index (κ2) is 7.59. The van der Waals surface area contributed by atoms with Crippen molar-refractivity contribution in [3.8, 4) is 5.75 Å². The maximum atomic E-state index is 10.1. The predicted molar refractivity (Wildman–Crippen MR) is 88.5 cm³/mol. The maximum Gasteiger partial charge on any atom is 0.122 e. The average Bonchev–Trinajstić information content (AvgIpc) is 2.47. The highest BCUT2D eigenvalue weighted by atomic mass is 79.9. The Morgan fingerprint density at radius 3 is 2.57 bits per heavy atom. The van der Waals surface area contributed by atoms with Crippen molar-refractivity contribution < 1.29 is 9.84 Å². The van der Waals surface area contributed by atoms with Gasteiger partial charge >= 0.3 is 0 Å². The van der Waals surface area contributed by atoms with Crippen molar-refractivity contribution in [2.24, 2.45) is 5.73 Å². The molecule has 0 fully saturated rings. The number of benzene rings is 2. The molecule has 2 aromatic rings. The monoisotopic (exact) mass is 349 g/mol. The molecule has 2 unspecified atom stereocenters. The van der Waals surface area contributed by atoms with Crippen molar-refractivity contribution in [3.05, 3.63) is 64.1 Å². The van der Waals surface area contributed by atoms with Gasteiger partial charge in [0.05, 0.1) is 0 Å². The van der Waals surface area contributed by atoms with Gasteiger partial charge in [-0.1, -0.05) is 46.3 Å². The smallest absolute Gasteiger partial charge is 0.122 e. The molecule has 3 N–H and O–H groups in total. The Hall–Kier alpha value is -1.36. The molecule has 2 atom stereocenters. The molecule has 0 aliphatic rings. The third kappa shape index (κ3) is 4.84. The number of nitrogens with two attached hydrogens (primary N) is 1. The Balaban J connectivity index is 1.87. The van der Waals surface area contributed by atoms with Crippen molar-refractivity contribution in [2.45, 2.75) is 25.5 Å². The Kier molecular flexibility index (Phi) is 5.79. The van der Waals surface area contributed by atoms with Crippen molar-refractivity contribution >= 4 is 15.9 Å². The van der Waals surface area contributed by atoms with E-state index >= 15 is 0 Å². The zero-order valence-corrected chi connectivity index (χ0v) is 13.6. The van der Waals surface area contributed by atoms with E-state index in [2.05, 4.69) is 15.9 Å².